The maximum Gasteiger partial charge on any atom is 0.273 e. The van der Waals surface area contributed by atoms with Gasteiger partial charge in [-0.15, -0.1) is 0 Å². The lowest BCUT2D eigenvalue weighted by atomic mass is 10.2. The molecule has 0 aliphatic heterocycles. The molecule has 0 spiro atoms. The molecule has 0 atom stereocenters. The number of nitrogens with one attached hydrogen (secondary N) is 1. The summed E-state index contributed by atoms with van der Waals surface area (Å²) in [6, 6.07) is 7.94. The first kappa shape index (κ1) is 17.8. The van der Waals surface area contributed by atoms with Crippen molar-refractivity contribution in [3.05, 3.63) is 51.6 Å². The Kier molecular flexibility index (Phi) is 4.88. The van der Waals surface area contributed by atoms with Gasteiger partial charge in [-0.05, 0) is 32.9 Å². The molecule has 2 heterocycles. The molecule has 3 aromatic rings. The average Bonchev–Trinajstić information content (AvgIpc) is 2.94. The standard InChI is InChI=1S/C19H23N5O2/c1-5-20-16(25)11-10-15-19(26)23(4)18-17(21-15)13(3)22-24(18)14-8-6-12(2)7-9-14/h6-9H,5,10-11H2,1-4H3,(H,20,25). The van der Waals surface area contributed by atoms with E-state index in [0.29, 0.717) is 29.8 Å². The van der Waals surface area contributed by atoms with Crippen LogP contribution in [-0.4, -0.2) is 31.8 Å². The molecule has 0 saturated carbocycles. The van der Waals surface area contributed by atoms with E-state index in [1.807, 2.05) is 45.0 Å². The number of amides is 1. The summed E-state index contributed by atoms with van der Waals surface area (Å²) in [4.78, 5) is 29.0. The van der Waals surface area contributed by atoms with Crippen molar-refractivity contribution in [1.29, 1.82) is 0 Å². The van der Waals surface area contributed by atoms with Gasteiger partial charge in [-0.25, -0.2) is 9.67 Å². The van der Waals surface area contributed by atoms with Crippen molar-refractivity contribution < 1.29 is 4.79 Å². The van der Waals surface area contributed by atoms with Crippen LogP contribution in [0.4, 0.5) is 0 Å². The summed E-state index contributed by atoms with van der Waals surface area (Å²) in [6.45, 7) is 6.34. The van der Waals surface area contributed by atoms with E-state index in [1.54, 1.807) is 16.3 Å². The highest BCUT2D eigenvalue weighted by Gasteiger charge is 2.17. The SMILES string of the molecule is CCNC(=O)CCc1nc2c(C)nn(-c3ccc(C)cc3)c2n(C)c1=O. The molecule has 0 bridgehead atoms. The first-order valence-electron chi connectivity index (χ1n) is 8.71. The van der Waals surface area contributed by atoms with E-state index in [9.17, 15) is 9.59 Å². The van der Waals surface area contributed by atoms with Crippen molar-refractivity contribution in [1.82, 2.24) is 24.6 Å². The summed E-state index contributed by atoms with van der Waals surface area (Å²) >= 11 is 0. The first-order chi connectivity index (χ1) is 12.4. The van der Waals surface area contributed by atoms with Gasteiger partial charge in [-0.1, -0.05) is 17.7 Å². The lowest BCUT2D eigenvalue weighted by molar-refractivity contribution is -0.120. The van der Waals surface area contributed by atoms with Crippen LogP contribution in [0.5, 0.6) is 0 Å². The number of aromatic nitrogens is 4. The van der Waals surface area contributed by atoms with Gasteiger partial charge in [0.2, 0.25) is 5.91 Å². The fraction of sp³-hybridized carbons (Fsp3) is 0.368. The molecule has 7 heteroatoms. The number of nitrogens with zero attached hydrogens (tertiary/aromatic N) is 4. The number of hydrogen-bond acceptors (Lipinski definition) is 4. The number of aryl methyl sites for hydroxylation is 4. The molecule has 0 unspecified atom stereocenters. The summed E-state index contributed by atoms with van der Waals surface area (Å²) in [7, 11) is 1.72. The van der Waals surface area contributed by atoms with E-state index in [2.05, 4.69) is 15.4 Å². The van der Waals surface area contributed by atoms with E-state index < -0.39 is 0 Å². The second kappa shape index (κ2) is 7.11. The van der Waals surface area contributed by atoms with Crippen LogP contribution in [0.15, 0.2) is 29.1 Å². The van der Waals surface area contributed by atoms with E-state index in [1.165, 1.54) is 0 Å². The molecule has 2 aromatic heterocycles. The van der Waals surface area contributed by atoms with Crippen LogP contribution >= 0.6 is 0 Å². The summed E-state index contributed by atoms with van der Waals surface area (Å²) in [6.07, 6.45) is 0.552. The summed E-state index contributed by atoms with van der Waals surface area (Å²) in [5.74, 6) is -0.0801. The normalized spacial score (nSPS) is 11.1. The van der Waals surface area contributed by atoms with E-state index in [0.717, 1.165) is 16.9 Å². The number of hydrogen-bond donors (Lipinski definition) is 1. The quantitative estimate of drug-likeness (QED) is 0.758. The average molecular weight is 353 g/mol. The minimum absolute atomic E-state index is 0.0801. The van der Waals surface area contributed by atoms with Crippen LogP contribution in [0.1, 0.15) is 30.3 Å². The summed E-state index contributed by atoms with van der Waals surface area (Å²) in [5, 5.41) is 7.31. The maximum atomic E-state index is 12.7. The number of rotatable bonds is 5. The third-order valence-corrected chi connectivity index (χ3v) is 4.36. The Balaban J connectivity index is 2.07. The van der Waals surface area contributed by atoms with Crippen molar-refractivity contribution in [2.75, 3.05) is 6.54 Å². The second-order valence-corrected chi connectivity index (χ2v) is 6.38. The van der Waals surface area contributed by atoms with Gasteiger partial charge in [0.1, 0.15) is 11.2 Å². The van der Waals surface area contributed by atoms with Crippen molar-refractivity contribution in [2.45, 2.75) is 33.6 Å². The zero-order valence-electron chi connectivity index (χ0n) is 15.5. The van der Waals surface area contributed by atoms with Crippen molar-refractivity contribution in [2.24, 2.45) is 7.05 Å². The van der Waals surface area contributed by atoms with Crippen molar-refractivity contribution >= 4 is 17.1 Å². The molecular weight excluding hydrogens is 330 g/mol. The first-order valence-corrected chi connectivity index (χ1v) is 8.71. The zero-order valence-corrected chi connectivity index (χ0v) is 15.5. The Morgan fingerprint density at radius 3 is 2.54 bits per heavy atom. The molecule has 7 nitrogen and oxygen atoms in total. The van der Waals surface area contributed by atoms with E-state index in [-0.39, 0.29) is 17.9 Å². The third-order valence-electron chi connectivity index (χ3n) is 4.36. The van der Waals surface area contributed by atoms with Gasteiger partial charge in [0.05, 0.1) is 11.4 Å². The number of carbonyl (C=O) groups excluding carboxylic acids is 1. The predicted octanol–water partition coefficient (Wildman–Crippen LogP) is 1.80. The van der Waals surface area contributed by atoms with Gasteiger partial charge in [0, 0.05) is 26.4 Å². The maximum absolute atomic E-state index is 12.7. The summed E-state index contributed by atoms with van der Waals surface area (Å²) < 4.78 is 3.31. The van der Waals surface area contributed by atoms with Crippen molar-refractivity contribution in [3.63, 3.8) is 0 Å². The Labute approximate surface area is 151 Å². The van der Waals surface area contributed by atoms with Crippen LogP contribution in [-0.2, 0) is 18.3 Å². The molecule has 136 valence electrons. The number of benzene rings is 1. The van der Waals surface area contributed by atoms with Crippen LogP contribution in [0.3, 0.4) is 0 Å². The Morgan fingerprint density at radius 2 is 1.88 bits per heavy atom. The zero-order chi connectivity index (χ0) is 18.8. The van der Waals surface area contributed by atoms with Gasteiger partial charge < -0.3 is 5.32 Å². The summed E-state index contributed by atoms with van der Waals surface area (Å²) in [5.41, 5.74) is 4.29. The Hall–Kier alpha value is -2.96. The highest BCUT2D eigenvalue weighted by Crippen LogP contribution is 2.19. The molecule has 3 rings (SSSR count). The van der Waals surface area contributed by atoms with Crippen LogP contribution in [0.25, 0.3) is 16.9 Å². The minimum Gasteiger partial charge on any atom is -0.356 e. The molecule has 0 aliphatic rings. The van der Waals surface area contributed by atoms with Crippen LogP contribution < -0.4 is 10.9 Å². The van der Waals surface area contributed by atoms with E-state index >= 15 is 0 Å². The Morgan fingerprint density at radius 1 is 1.19 bits per heavy atom. The van der Waals surface area contributed by atoms with E-state index in [4.69, 9.17) is 0 Å². The van der Waals surface area contributed by atoms with Gasteiger partial charge in [0.15, 0.2) is 5.65 Å². The fourth-order valence-electron chi connectivity index (χ4n) is 2.96. The highest BCUT2D eigenvalue weighted by atomic mass is 16.1. The molecule has 1 amide bonds. The number of fused-ring (bicyclic) bond motifs is 1. The molecule has 0 radical (unpaired) electrons. The molecule has 0 fully saturated rings. The largest absolute Gasteiger partial charge is 0.356 e. The lowest BCUT2D eigenvalue weighted by Gasteiger charge is -2.09. The third kappa shape index (κ3) is 3.24. The fourth-order valence-corrected chi connectivity index (χ4v) is 2.96. The molecule has 1 N–H and O–H groups in total. The molecule has 0 saturated heterocycles. The molecular formula is C19H23N5O2. The molecule has 26 heavy (non-hydrogen) atoms. The highest BCUT2D eigenvalue weighted by molar-refractivity contribution is 5.77. The minimum atomic E-state index is -0.199. The lowest BCUT2D eigenvalue weighted by Crippen LogP contribution is -2.27. The van der Waals surface area contributed by atoms with Gasteiger partial charge in [-0.2, -0.15) is 5.10 Å². The Bertz CT molecular complexity index is 1020. The predicted molar refractivity (Wildman–Crippen MR) is 101 cm³/mol. The molecule has 1 aromatic carbocycles. The second-order valence-electron chi connectivity index (χ2n) is 6.38. The van der Waals surface area contributed by atoms with Crippen LogP contribution in [0.2, 0.25) is 0 Å². The van der Waals surface area contributed by atoms with Gasteiger partial charge in [-0.3, -0.25) is 14.2 Å². The van der Waals surface area contributed by atoms with Crippen LogP contribution in [0, 0.1) is 13.8 Å². The van der Waals surface area contributed by atoms with Gasteiger partial charge >= 0.3 is 0 Å². The number of carbonyl (C=O) groups is 1. The van der Waals surface area contributed by atoms with Gasteiger partial charge in [0.25, 0.3) is 5.56 Å². The smallest absolute Gasteiger partial charge is 0.273 e. The van der Waals surface area contributed by atoms with Crippen molar-refractivity contribution in [3.8, 4) is 5.69 Å². The topological polar surface area (TPSA) is 81.8 Å². The monoisotopic (exact) mass is 353 g/mol. The molecule has 0 aliphatic carbocycles.